The highest BCUT2D eigenvalue weighted by molar-refractivity contribution is 5.92. The van der Waals surface area contributed by atoms with E-state index in [1.54, 1.807) is 17.2 Å². The number of rotatable bonds is 6. The fraction of sp³-hybridized carbons (Fsp3) is 0.217. The molecule has 0 unspecified atom stereocenters. The maximum Gasteiger partial charge on any atom is 0.272 e. The van der Waals surface area contributed by atoms with Crippen LogP contribution in [0.4, 0.5) is 11.4 Å². The number of carbonyl (C=O) groups is 1. The van der Waals surface area contributed by atoms with Crippen molar-refractivity contribution in [1.29, 1.82) is 0 Å². The molecule has 0 fully saturated rings. The summed E-state index contributed by atoms with van der Waals surface area (Å²) in [5, 5.41) is 3.37. The summed E-state index contributed by atoms with van der Waals surface area (Å²) in [5.74, 6) is -0.0559. The van der Waals surface area contributed by atoms with Gasteiger partial charge in [-0.3, -0.25) is 4.79 Å². The smallest absolute Gasteiger partial charge is 0.272 e. The lowest BCUT2D eigenvalue weighted by Crippen LogP contribution is -2.30. The average Bonchev–Trinajstić information content (AvgIpc) is 2.70. The third kappa shape index (κ3) is 4.53. The van der Waals surface area contributed by atoms with Gasteiger partial charge in [-0.2, -0.15) is 0 Å². The highest BCUT2D eigenvalue weighted by Gasteiger charge is 2.16. The Morgan fingerprint density at radius 1 is 1.00 bits per heavy atom. The number of anilines is 2. The van der Waals surface area contributed by atoms with E-state index in [-0.39, 0.29) is 5.91 Å². The molecule has 4 heteroatoms. The fourth-order valence-corrected chi connectivity index (χ4v) is 2.93. The Labute approximate surface area is 160 Å². The van der Waals surface area contributed by atoms with Crippen molar-refractivity contribution in [3.63, 3.8) is 0 Å². The van der Waals surface area contributed by atoms with Gasteiger partial charge in [-0.15, -0.1) is 0 Å². The molecule has 0 spiro atoms. The van der Waals surface area contributed by atoms with Crippen molar-refractivity contribution < 1.29 is 4.79 Å². The number of nitrogens with zero attached hydrogens (tertiary/aromatic N) is 2. The second-order valence-electron chi connectivity index (χ2n) is 6.61. The van der Waals surface area contributed by atoms with Crippen molar-refractivity contribution in [3.8, 4) is 0 Å². The van der Waals surface area contributed by atoms with Crippen LogP contribution in [0.25, 0.3) is 0 Å². The molecule has 3 rings (SSSR count). The molecule has 0 radical (unpaired) electrons. The van der Waals surface area contributed by atoms with Crippen molar-refractivity contribution in [2.75, 3.05) is 11.9 Å². The number of aromatic nitrogens is 1. The molecule has 0 atom stereocenters. The van der Waals surface area contributed by atoms with Crippen LogP contribution < -0.4 is 5.32 Å². The second-order valence-corrected chi connectivity index (χ2v) is 6.61. The first kappa shape index (κ1) is 18.6. The minimum atomic E-state index is -0.0559. The molecule has 2 aromatic carbocycles. The molecule has 1 N–H and O–H groups in total. The van der Waals surface area contributed by atoms with Crippen LogP contribution in [-0.2, 0) is 6.54 Å². The number of hydrogen-bond donors (Lipinski definition) is 1. The summed E-state index contributed by atoms with van der Waals surface area (Å²) in [6.07, 6.45) is 1.71. The molecule has 0 aliphatic carbocycles. The van der Waals surface area contributed by atoms with E-state index in [1.807, 2.05) is 55.5 Å². The third-order valence-corrected chi connectivity index (χ3v) is 4.75. The van der Waals surface area contributed by atoms with Crippen LogP contribution in [0.2, 0.25) is 0 Å². The number of aryl methyl sites for hydroxylation is 1. The Morgan fingerprint density at radius 3 is 2.44 bits per heavy atom. The first-order valence-electron chi connectivity index (χ1n) is 9.21. The molecule has 27 heavy (non-hydrogen) atoms. The third-order valence-electron chi connectivity index (χ3n) is 4.75. The number of amides is 1. The topological polar surface area (TPSA) is 45.2 Å². The lowest BCUT2D eigenvalue weighted by atomic mass is 10.1. The summed E-state index contributed by atoms with van der Waals surface area (Å²) >= 11 is 0. The summed E-state index contributed by atoms with van der Waals surface area (Å²) in [7, 11) is 0. The van der Waals surface area contributed by atoms with E-state index in [2.05, 4.69) is 30.2 Å². The van der Waals surface area contributed by atoms with Crippen LogP contribution in [0, 0.1) is 13.8 Å². The Balaban J connectivity index is 1.72. The molecule has 0 aliphatic heterocycles. The molecule has 0 aliphatic rings. The standard InChI is InChI=1S/C23H25N3O/c1-4-26(16-19-10-6-5-7-11-19)23(27)22-14-13-20(15-24-22)25-21-12-8-9-17(2)18(21)3/h5-15,25H,4,16H2,1-3H3. The van der Waals surface area contributed by atoms with Gasteiger partial charge >= 0.3 is 0 Å². The van der Waals surface area contributed by atoms with Crippen molar-refractivity contribution in [1.82, 2.24) is 9.88 Å². The van der Waals surface area contributed by atoms with E-state index in [0.717, 1.165) is 16.9 Å². The quantitative estimate of drug-likeness (QED) is 0.665. The zero-order valence-corrected chi connectivity index (χ0v) is 16.1. The molecule has 0 bridgehead atoms. The van der Waals surface area contributed by atoms with Crippen molar-refractivity contribution in [2.24, 2.45) is 0 Å². The van der Waals surface area contributed by atoms with Gasteiger partial charge in [-0.1, -0.05) is 42.5 Å². The SMILES string of the molecule is CCN(Cc1ccccc1)C(=O)c1ccc(Nc2cccc(C)c2C)cn1. The van der Waals surface area contributed by atoms with Gasteiger partial charge in [-0.05, 0) is 55.7 Å². The largest absolute Gasteiger partial charge is 0.354 e. The van der Waals surface area contributed by atoms with Crippen molar-refractivity contribution in [3.05, 3.63) is 89.2 Å². The predicted molar refractivity (Wildman–Crippen MR) is 110 cm³/mol. The lowest BCUT2D eigenvalue weighted by Gasteiger charge is -2.20. The van der Waals surface area contributed by atoms with Gasteiger partial charge < -0.3 is 10.2 Å². The molecule has 0 saturated carbocycles. The zero-order valence-electron chi connectivity index (χ0n) is 16.1. The van der Waals surface area contributed by atoms with E-state index < -0.39 is 0 Å². The van der Waals surface area contributed by atoms with Gasteiger partial charge in [0.25, 0.3) is 5.91 Å². The van der Waals surface area contributed by atoms with Gasteiger partial charge in [-0.25, -0.2) is 4.98 Å². The molecule has 0 saturated heterocycles. The van der Waals surface area contributed by atoms with E-state index in [4.69, 9.17) is 0 Å². The number of hydrogen-bond acceptors (Lipinski definition) is 3. The first-order valence-corrected chi connectivity index (χ1v) is 9.21. The van der Waals surface area contributed by atoms with Gasteiger partial charge in [0.1, 0.15) is 5.69 Å². The van der Waals surface area contributed by atoms with E-state index in [9.17, 15) is 4.79 Å². The molecule has 138 valence electrons. The number of pyridine rings is 1. The summed E-state index contributed by atoms with van der Waals surface area (Å²) in [6.45, 7) is 7.38. The van der Waals surface area contributed by atoms with E-state index in [0.29, 0.717) is 18.8 Å². The predicted octanol–water partition coefficient (Wildman–Crippen LogP) is 5.10. The van der Waals surface area contributed by atoms with E-state index >= 15 is 0 Å². The zero-order chi connectivity index (χ0) is 19.2. The van der Waals surface area contributed by atoms with Gasteiger partial charge in [0.05, 0.1) is 11.9 Å². The highest BCUT2D eigenvalue weighted by atomic mass is 16.2. The van der Waals surface area contributed by atoms with Crippen molar-refractivity contribution >= 4 is 17.3 Å². The Morgan fingerprint density at radius 2 is 1.78 bits per heavy atom. The normalized spacial score (nSPS) is 10.5. The van der Waals surface area contributed by atoms with Crippen LogP contribution >= 0.6 is 0 Å². The molecule has 4 nitrogen and oxygen atoms in total. The van der Waals surface area contributed by atoms with Gasteiger partial charge in [0.15, 0.2) is 0 Å². The van der Waals surface area contributed by atoms with Crippen LogP contribution in [0.3, 0.4) is 0 Å². The van der Waals surface area contributed by atoms with Crippen molar-refractivity contribution in [2.45, 2.75) is 27.3 Å². The summed E-state index contributed by atoms with van der Waals surface area (Å²) in [6, 6.07) is 19.8. The number of nitrogens with one attached hydrogen (secondary N) is 1. The highest BCUT2D eigenvalue weighted by Crippen LogP contribution is 2.22. The molecular formula is C23H25N3O. The van der Waals surface area contributed by atoms with E-state index in [1.165, 1.54) is 11.1 Å². The first-order chi connectivity index (χ1) is 13.1. The molecular weight excluding hydrogens is 334 g/mol. The molecule has 1 amide bonds. The monoisotopic (exact) mass is 359 g/mol. The van der Waals surface area contributed by atoms with Crippen LogP contribution in [-0.4, -0.2) is 22.3 Å². The fourth-order valence-electron chi connectivity index (χ4n) is 2.93. The molecule has 1 aromatic heterocycles. The maximum absolute atomic E-state index is 12.8. The summed E-state index contributed by atoms with van der Waals surface area (Å²) in [5.41, 5.74) is 5.93. The maximum atomic E-state index is 12.8. The van der Waals surface area contributed by atoms with Crippen LogP contribution in [0.1, 0.15) is 34.1 Å². The minimum absolute atomic E-state index is 0.0559. The minimum Gasteiger partial charge on any atom is -0.354 e. The van der Waals surface area contributed by atoms with Crippen LogP contribution in [0.15, 0.2) is 66.9 Å². The van der Waals surface area contributed by atoms with Gasteiger partial charge in [0.2, 0.25) is 0 Å². The number of benzene rings is 2. The Hall–Kier alpha value is -3.14. The Kier molecular flexibility index (Phi) is 5.87. The van der Waals surface area contributed by atoms with Crippen LogP contribution in [0.5, 0.6) is 0 Å². The Bertz CT molecular complexity index is 905. The average molecular weight is 359 g/mol. The summed E-state index contributed by atoms with van der Waals surface area (Å²) < 4.78 is 0. The summed E-state index contributed by atoms with van der Waals surface area (Å²) in [4.78, 5) is 19.0. The lowest BCUT2D eigenvalue weighted by molar-refractivity contribution is 0.0746. The van der Waals surface area contributed by atoms with Gasteiger partial charge in [0, 0.05) is 18.8 Å². The molecule has 3 aromatic rings. The molecule has 1 heterocycles. The second kappa shape index (κ2) is 8.49. The number of carbonyl (C=O) groups excluding carboxylic acids is 1.